The Morgan fingerprint density at radius 1 is 1.16 bits per heavy atom. The van der Waals surface area contributed by atoms with Crippen LogP contribution in [0.4, 0.5) is 0 Å². The van der Waals surface area contributed by atoms with Gasteiger partial charge in [-0.05, 0) is 49.7 Å². The molecule has 0 unspecified atom stereocenters. The van der Waals surface area contributed by atoms with E-state index in [1.165, 1.54) is 11.3 Å². The summed E-state index contributed by atoms with van der Waals surface area (Å²) in [6.07, 6.45) is 3.60. The van der Waals surface area contributed by atoms with Gasteiger partial charge in [0.15, 0.2) is 0 Å². The van der Waals surface area contributed by atoms with Crippen molar-refractivity contribution in [2.75, 3.05) is 0 Å². The summed E-state index contributed by atoms with van der Waals surface area (Å²) in [5.41, 5.74) is 4.68. The zero-order chi connectivity index (χ0) is 13.4. The highest BCUT2D eigenvalue weighted by Gasteiger charge is 2.14. The molecule has 0 fully saturated rings. The number of nitrogens with zero attached hydrogens (tertiary/aromatic N) is 2. The summed E-state index contributed by atoms with van der Waals surface area (Å²) in [6.45, 7) is 5.17. The Morgan fingerprint density at radius 3 is 2.58 bits per heavy atom. The van der Waals surface area contributed by atoms with Crippen molar-refractivity contribution in [3.8, 4) is 16.9 Å². The summed E-state index contributed by atoms with van der Waals surface area (Å²) in [7, 11) is 0. The molecular weight excluding hydrogens is 236 g/mol. The SMILES string of the molecule is CCn1c(C)c(-c2ccncc2)c2cc(O)ccc21. The van der Waals surface area contributed by atoms with Gasteiger partial charge in [0.05, 0.1) is 0 Å². The van der Waals surface area contributed by atoms with Gasteiger partial charge in [0, 0.05) is 41.1 Å². The standard InChI is InChI=1S/C16H16N2O/c1-3-18-11(2)16(12-6-8-17-9-7-12)14-10-13(19)4-5-15(14)18/h4-10,19H,3H2,1-2H3. The quantitative estimate of drug-likeness (QED) is 0.754. The Bertz CT molecular complexity index is 729. The summed E-state index contributed by atoms with van der Waals surface area (Å²) in [4.78, 5) is 4.07. The first-order chi connectivity index (χ1) is 9.22. The second-order valence-corrected chi connectivity index (χ2v) is 4.64. The molecule has 0 saturated carbocycles. The molecule has 0 aliphatic rings. The normalized spacial score (nSPS) is 11.1. The summed E-state index contributed by atoms with van der Waals surface area (Å²) in [6, 6.07) is 9.57. The monoisotopic (exact) mass is 252 g/mol. The smallest absolute Gasteiger partial charge is 0.116 e. The van der Waals surface area contributed by atoms with Crippen molar-refractivity contribution < 1.29 is 5.11 Å². The van der Waals surface area contributed by atoms with Crippen LogP contribution in [0.2, 0.25) is 0 Å². The van der Waals surface area contributed by atoms with E-state index in [-0.39, 0.29) is 0 Å². The van der Waals surface area contributed by atoms with Gasteiger partial charge in [-0.25, -0.2) is 0 Å². The van der Waals surface area contributed by atoms with Crippen molar-refractivity contribution in [2.45, 2.75) is 20.4 Å². The fourth-order valence-electron chi connectivity index (χ4n) is 2.76. The summed E-state index contributed by atoms with van der Waals surface area (Å²) >= 11 is 0. The lowest BCUT2D eigenvalue weighted by Crippen LogP contribution is -1.96. The van der Waals surface area contributed by atoms with E-state index < -0.39 is 0 Å². The minimum atomic E-state index is 0.302. The van der Waals surface area contributed by atoms with Crippen LogP contribution in [-0.2, 0) is 6.54 Å². The molecule has 0 saturated heterocycles. The Kier molecular flexibility index (Phi) is 2.75. The van der Waals surface area contributed by atoms with Gasteiger partial charge in [-0.15, -0.1) is 0 Å². The van der Waals surface area contributed by atoms with Crippen molar-refractivity contribution >= 4 is 10.9 Å². The highest BCUT2D eigenvalue weighted by molar-refractivity contribution is 5.98. The lowest BCUT2D eigenvalue weighted by molar-refractivity contribution is 0.476. The van der Waals surface area contributed by atoms with Crippen LogP contribution in [0.25, 0.3) is 22.0 Å². The lowest BCUT2D eigenvalue weighted by Gasteiger charge is -2.04. The third-order valence-electron chi connectivity index (χ3n) is 3.59. The third-order valence-corrected chi connectivity index (χ3v) is 3.59. The molecule has 3 aromatic rings. The second kappa shape index (κ2) is 4.43. The average Bonchev–Trinajstić information content (AvgIpc) is 2.70. The molecule has 19 heavy (non-hydrogen) atoms. The second-order valence-electron chi connectivity index (χ2n) is 4.64. The van der Waals surface area contributed by atoms with E-state index in [1.807, 2.05) is 24.3 Å². The number of phenols is 1. The van der Waals surface area contributed by atoms with E-state index in [0.717, 1.165) is 23.0 Å². The molecule has 0 radical (unpaired) electrons. The van der Waals surface area contributed by atoms with Gasteiger partial charge < -0.3 is 9.67 Å². The summed E-state index contributed by atoms with van der Waals surface area (Å²) in [5.74, 6) is 0.302. The van der Waals surface area contributed by atoms with Crippen molar-refractivity contribution in [2.24, 2.45) is 0 Å². The van der Waals surface area contributed by atoms with Gasteiger partial charge in [0.25, 0.3) is 0 Å². The lowest BCUT2D eigenvalue weighted by atomic mass is 10.0. The topological polar surface area (TPSA) is 38.0 Å². The number of aromatic nitrogens is 2. The Hall–Kier alpha value is -2.29. The van der Waals surface area contributed by atoms with Crippen LogP contribution in [0.1, 0.15) is 12.6 Å². The van der Waals surface area contributed by atoms with Crippen LogP contribution in [0.3, 0.4) is 0 Å². The van der Waals surface area contributed by atoms with Crippen molar-refractivity contribution in [1.82, 2.24) is 9.55 Å². The molecule has 0 spiro atoms. The summed E-state index contributed by atoms with van der Waals surface area (Å²) in [5, 5.41) is 10.8. The van der Waals surface area contributed by atoms with Gasteiger partial charge in [-0.2, -0.15) is 0 Å². The number of phenolic OH excluding ortho intramolecular Hbond substituents is 1. The maximum atomic E-state index is 9.75. The number of benzene rings is 1. The van der Waals surface area contributed by atoms with Crippen molar-refractivity contribution in [3.05, 3.63) is 48.4 Å². The van der Waals surface area contributed by atoms with E-state index in [0.29, 0.717) is 5.75 Å². The molecular formula is C16H16N2O. The highest BCUT2D eigenvalue weighted by atomic mass is 16.3. The largest absolute Gasteiger partial charge is 0.508 e. The van der Waals surface area contributed by atoms with Gasteiger partial charge >= 0.3 is 0 Å². The third kappa shape index (κ3) is 1.78. The van der Waals surface area contributed by atoms with Crippen molar-refractivity contribution in [1.29, 1.82) is 0 Å². The van der Waals surface area contributed by atoms with Crippen LogP contribution in [0, 0.1) is 6.92 Å². The van der Waals surface area contributed by atoms with Crippen LogP contribution in [0.15, 0.2) is 42.7 Å². The molecule has 96 valence electrons. The van der Waals surface area contributed by atoms with E-state index in [4.69, 9.17) is 0 Å². The zero-order valence-corrected chi connectivity index (χ0v) is 11.1. The molecule has 3 nitrogen and oxygen atoms in total. The first-order valence-electron chi connectivity index (χ1n) is 6.44. The Morgan fingerprint density at radius 2 is 1.89 bits per heavy atom. The summed E-state index contributed by atoms with van der Waals surface area (Å²) < 4.78 is 2.27. The number of rotatable bonds is 2. The van der Waals surface area contributed by atoms with Crippen LogP contribution < -0.4 is 0 Å². The van der Waals surface area contributed by atoms with Gasteiger partial charge in [-0.1, -0.05) is 0 Å². The fraction of sp³-hybridized carbons (Fsp3) is 0.188. The molecule has 2 aromatic heterocycles. The van der Waals surface area contributed by atoms with Crippen LogP contribution in [0.5, 0.6) is 5.75 Å². The number of aryl methyl sites for hydroxylation is 1. The van der Waals surface area contributed by atoms with Crippen molar-refractivity contribution in [3.63, 3.8) is 0 Å². The van der Waals surface area contributed by atoms with E-state index in [9.17, 15) is 5.11 Å². The Labute approximate surface area is 112 Å². The molecule has 3 heteroatoms. The number of hydrogen-bond donors (Lipinski definition) is 1. The average molecular weight is 252 g/mol. The van der Waals surface area contributed by atoms with E-state index in [2.05, 4.69) is 23.4 Å². The predicted molar refractivity (Wildman–Crippen MR) is 77.2 cm³/mol. The zero-order valence-electron chi connectivity index (χ0n) is 11.1. The molecule has 0 aliphatic carbocycles. The van der Waals surface area contributed by atoms with E-state index >= 15 is 0 Å². The van der Waals surface area contributed by atoms with Gasteiger partial charge in [0.2, 0.25) is 0 Å². The maximum absolute atomic E-state index is 9.75. The molecule has 0 atom stereocenters. The molecule has 1 N–H and O–H groups in total. The predicted octanol–water partition coefficient (Wildman–Crippen LogP) is 3.74. The molecule has 3 rings (SSSR count). The minimum Gasteiger partial charge on any atom is -0.508 e. The fourth-order valence-corrected chi connectivity index (χ4v) is 2.76. The molecule has 0 bridgehead atoms. The van der Waals surface area contributed by atoms with Gasteiger partial charge in [-0.3, -0.25) is 4.98 Å². The molecule has 0 amide bonds. The van der Waals surface area contributed by atoms with Crippen LogP contribution in [-0.4, -0.2) is 14.7 Å². The number of fused-ring (bicyclic) bond motifs is 1. The highest BCUT2D eigenvalue weighted by Crippen LogP contribution is 2.35. The molecule has 2 heterocycles. The number of hydrogen-bond acceptors (Lipinski definition) is 2. The number of pyridine rings is 1. The Balaban J connectivity index is 2.41. The minimum absolute atomic E-state index is 0.302. The van der Waals surface area contributed by atoms with Crippen LogP contribution >= 0.6 is 0 Å². The molecule has 1 aromatic carbocycles. The molecule has 0 aliphatic heterocycles. The van der Waals surface area contributed by atoms with Gasteiger partial charge in [0.1, 0.15) is 5.75 Å². The maximum Gasteiger partial charge on any atom is 0.116 e. The van der Waals surface area contributed by atoms with E-state index in [1.54, 1.807) is 18.5 Å². The number of aromatic hydroxyl groups is 1. The first-order valence-corrected chi connectivity index (χ1v) is 6.44. The first kappa shape index (κ1) is 11.8.